The van der Waals surface area contributed by atoms with Crippen LogP contribution in [0.3, 0.4) is 0 Å². The number of aromatic hydroxyl groups is 2. The Balaban J connectivity index is 1.85. The average Bonchev–Trinajstić information content (AvgIpc) is 2.69. The number of benzene rings is 2. The number of hydrogen-bond donors (Lipinski definition) is 3. The van der Waals surface area contributed by atoms with E-state index in [1.807, 2.05) is 0 Å². The van der Waals surface area contributed by atoms with Crippen LogP contribution in [0.5, 0.6) is 17.2 Å². The van der Waals surface area contributed by atoms with Crippen LogP contribution in [0.25, 0.3) is 0 Å². The lowest BCUT2D eigenvalue weighted by Crippen LogP contribution is -2.13. The maximum absolute atomic E-state index is 12.1. The van der Waals surface area contributed by atoms with Crippen molar-refractivity contribution < 1.29 is 24.5 Å². The molecule has 0 bridgehead atoms. The molecule has 2 aromatic rings. The molecule has 1 aliphatic carbocycles. The fraction of sp³-hybridized carbons (Fsp3) is 0.238. The molecular weight excluding hydrogens is 382 g/mol. The molecule has 0 aliphatic heterocycles. The molecule has 1 aliphatic rings. The van der Waals surface area contributed by atoms with Gasteiger partial charge >= 0.3 is 0 Å². The summed E-state index contributed by atoms with van der Waals surface area (Å²) in [5, 5.41) is 23.5. The second-order valence-electron chi connectivity index (χ2n) is 6.40. The molecular formula is C21H20ClNO5. The first-order valence-electron chi connectivity index (χ1n) is 8.98. The summed E-state index contributed by atoms with van der Waals surface area (Å²) in [6.07, 6.45) is 5.29. The summed E-state index contributed by atoms with van der Waals surface area (Å²) in [6.45, 7) is 2.76. The number of hydrogen-bond acceptors (Lipinski definition) is 6. The number of nitrogens with one attached hydrogen (secondary N) is 1. The van der Waals surface area contributed by atoms with E-state index in [1.165, 1.54) is 0 Å². The van der Waals surface area contributed by atoms with Crippen molar-refractivity contribution in [3.8, 4) is 17.2 Å². The van der Waals surface area contributed by atoms with Gasteiger partial charge < -0.3 is 20.3 Å². The van der Waals surface area contributed by atoms with E-state index < -0.39 is 23.1 Å². The van der Waals surface area contributed by atoms with Crippen LogP contribution < -0.4 is 10.1 Å². The Morgan fingerprint density at radius 2 is 1.57 bits per heavy atom. The van der Waals surface area contributed by atoms with Gasteiger partial charge in [0.2, 0.25) is 0 Å². The fourth-order valence-electron chi connectivity index (χ4n) is 2.93. The van der Waals surface area contributed by atoms with Crippen molar-refractivity contribution in [2.45, 2.75) is 26.2 Å². The summed E-state index contributed by atoms with van der Waals surface area (Å²) in [7, 11) is 0. The summed E-state index contributed by atoms with van der Waals surface area (Å²) in [4.78, 5) is 24.1. The van der Waals surface area contributed by atoms with Crippen LogP contribution >= 0.6 is 11.6 Å². The van der Waals surface area contributed by atoms with E-state index in [4.69, 9.17) is 16.3 Å². The van der Waals surface area contributed by atoms with E-state index in [0.717, 1.165) is 31.4 Å². The first kappa shape index (κ1) is 19.8. The van der Waals surface area contributed by atoms with Gasteiger partial charge in [-0.05, 0) is 42.8 Å². The van der Waals surface area contributed by atoms with E-state index in [-0.39, 0.29) is 21.8 Å². The predicted molar refractivity (Wildman–Crippen MR) is 107 cm³/mol. The van der Waals surface area contributed by atoms with E-state index in [2.05, 4.69) is 12.2 Å². The number of ether oxygens (including phenoxy) is 1. The molecule has 0 unspecified atom stereocenters. The van der Waals surface area contributed by atoms with Crippen LogP contribution in [0.4, 0.5) is 11.4 Å². The lowest BCUT2D eigenvalue weighted by atomic mass is 9.92. The number of unbranched alkanes of at least 4 members (excludes halogenated alkanes) is 2. The van der Waals surface area contributed by atoms with Crippen molar-refractivity contribution >= 4 is 34.5 Å². The predicted octanol–water partition coefficient (Wildman–Crippen LogP) is 5.00. The maximum atomic E-state index is 12.1. The van der Waals surface area contributed by atoms with Crippen LogP contribution in [0.15, 0.2) is 36.4 Å². The van der Waals surface area contributed by atoms with Crippen LogP contribution in [0.1, 0.15) is 46.9 Å². The highest BCUT2D eigenvalue weighted by Gasteiger charge is 2.31. The van der Waals surface area contributed by atoms with Crippen LogP contribution in [0, 0.1) is 0 Å². The van der Waals surface area contributed by atoms with Crippen molar-refractivity contribution in [3.63, 3.8) is 0 Å². The summed E-state index contributed by atoms with van der Waals surface area (Å²) < 4.78 is 5.65. The largest absolute Gasteiger partial charge is 0.505 e. The molecule has 0 heterocycles. The van der Waals surface area contributed by atoms with Gasteiger partial charge in [0, 0.05) is 5.69 Å². The van der Waals surface area contributed by atoms with Crippen molar-refractivity contribution in [3.05, 3.63) is 52.6 Å². The van der Waals surface area contributed by atoms with Crippen LogP contribution in [-0.4, -0.2) is 28.4 Å². The molecule has 0 fully saturated rings. The molecule has 3 N–H and O–H groups in total. The zero-order valence-corrected chi connectivity index (χ0v) is 16.0. The number of fused-ring (bicyclic) bond motifs is 1. The molecule has 2 aromatic carbocycles. The normalized spacial score (nSPS) is 12.8. The molecule has 0 saturated carbocycles. The van der Waals surface area contributed by atoms with Gasteiger partial charge in [0.05, 0.1) is 17.7 Å². The highest BCUT2D eigenvalue weighted by molar-refractivity contribution is 6.38. The topological polar surface area (TPSA) is 95.9 Å². The third kappa shape index (κ3) is 3.82. The van der Waals surface area contributed by atoms with Crippen LogP contribution in [-0.2, 0) is 0 Å². The van der Waals surface area contributed by atoms with E-state index in [1.54, 1.807) is 24.3 Å². The van der Waals surface area contributed by atoms with Gasteiger partial charge in [0.1, 0.15) is 22.2 Å². The van der Waals surface area contributed by atoms with Gasteiger partial charge in [0.15, 0.2) is 17.3 Å². The van der Waals surface area contributed by atoms with Gasteiger partial charge in [0.25, 0.3) is 0 Å². The minimum absolute atomic E-state index is 0.0500. The molecule has 0 amide bonds. The lowest BCUT2D eigenvalue weighted by Gasteiger charge is -2.19. The van der Waals surface area contributed by atoms with Crippen LogP contribution in [0.2, 0.25) is 5.02 Å². The first-order valence-corrected chi connectivity index (χ1v) is 9.35. The number of ketones is 2. The maximum Gasteiger partial charge on any atom is 0.190 e. The number of carbonyl (C=O) groups is 2. The van der Waals surface area contributed by atoms with Crippen molar-refractivity contribution in [1.29, 1.82) is 0 Å². The number of anilines is 2. The van der Waals surface area contributed by atoms with E-state index in [0.29, 0.717) is 18.0 Å². The van der Waals surface area contributed by atoms with E-state index >= 15 is 0 Å². The minimum Gasteiger partial charge on any atom is -0.505 e. The summed E-state index contributed by atoms with van der Waals surface area (Å²) >= 11 is 6.14. The number of halogens is 1. The second-order valence-corrected chi connectivity index (χ2v) is 6.78. The Hall–Kier alpha value is -2.99. The number of allylic oxidation sites excluding steroid dienone is 2. The minimum atomic E-state index is -0.597. The summed E-state index contributed by atoms with van der Waals surface area (Å²) in [6, 6.07) is 6.95. The lowest BCUT2D eigenvalue weighted by molar-refractivity contribution is 0.0989. The zero-order valence-electron chi connectivity index (χ0n) is 15.3. The average molecular weight is 402 g/mol. The second kappa shape index (κ2) is 8.35. The number of carbonyl (C=O) groups excluding carboxylic acids is 2. The SMILES string of the molecule is CCCCCOc1ccc(Nc2c(O)c3c(c(O)c2Cl)C(=O)C=CC3=O)cc1. The molecule has 0 atom stereocenters. The highest BCUT2D eigenvalue weighted by Crippen LogP contribution is 2.47. The molecule has 146 valence electrons. The molecule has 6 nitrogen and oxygen atoms in total. The Bertz CT molecular complexity index is 951. The Morgan fingerprint density at radius 3 is 2.18 bits per heavy atom. The van der Waals surface area contributed by atoms with Crippen molar-refractivity contribution in [2.24, 2.45) is 0 Å². The summed E-state index contributed by atoms with van der Waals surface area (Å²) in [5.41, 5.74) is -0.0577. The zero-order chi connectivity index (χ0) is 20.3. The van der Waals surface area contributed by atoms with Crippen molar-refractivity contribution in [2.75, 3.05) is 11.9 Å². The van der Waals surface area contributed by atoms with Gasteiger partial charge in [-0.25, -0.2) is 0 Å². The van der Waals surface area contributed by atoms with E-state index in [9.17, 15) is 19.8 Å². The van der Waals surface area contributed by atoms with Gasteiger partial charge in [-0.15, -0.1) is 0 Å². The molecule has 28 heavy (non-hydrogen) atoms. The molecule has 0 radical (unpaired) electrons. The fourth-order valence-corrected chi connectivity index (χ4v) is 3.16. The highest BCUT2D eigenvalue weighted by atomic mass is 35.5. The third-order valence-electron chi connectivity index (χ3n) is 4.41. The number of rotatable bonds is 7. The summed E-state index contributed by atoms with van der Waals surface area (Å²) in [5.74, 6) is -1.51. The monoisotopic (exact) mass is 401 g/mol. The molecule has 0 saturated heterocycles. The Labute approximate surface area is 167 Å². The standard InChI is InChI=1S/C21H20ClNO5/c1-2-3-4-11-28-13-7-5-12(6-8-13)23-19-18(22)20(26)16-14(24)9-10-15(25)17(16)21(19)27/h5-10,23,26-27H,2-4,11H2,1H3. The Morgan fingerprint density at radius 1 is 0.964 bits per heavy atom. The van der Waals surface area contributed by atoms with Gasteiger partial charge in [-0.3, -0.25) is 9.59 Å². The third-order valence-corrected chi connectivity index (χ3v) is 4.77. The molecule has 0 aromatic heterocycles. The smallest absolute Gasteiger partial charge is 0.190 e. The number of phenols is 2. The number of phenolic OH excluding ortho intramolecular Hbond substituents is 2. The molecule has 3 rings (SSSR count). The molecule has 0 spiro atoms. The van der Waals surface area contributed by atoms with Crippen molar-refractivity contribution in [1.82, 2.24) is 0 Å². The quantitative estimate of drug-likeness (QED) is 0.343. The van der Waals surface area contributed by atoms with Gasteiger partial charge in [-0.1, -0.05) is 31.4 Å². The molecule has 7 heteroatoms. The Kier molecular flexibility index (Phi) is 5.90. The van der Waals surface area contributed by atoms with Gasteiger partial charge in [-0.2, -0.15) is 0 Å². The first-order chi connectivity index (χ1) is 13.4.